The zero-order valence-corrected chi connectivity index (χ0v) is 15.8. The third-order valence-electron chi connectivity index (χ3n) is 4.71. The summed E-state index contributed by atoms with van der Waals surface area (Å²) in [6.45, 7) is 3.75. The largest absolute Gasteiger partial charge is 0.462 e. The number of hydrogen-bond donors (Lipinski definition) is 4. The quantitative estimate of drug-likeness (QED) is 0.595. The van der Waals surface area contributed by atoms with E-state index in [0.29, 0.717) is 23.2 Å². The number of rotatable bonds is 6. The molecule has 152 valence electrons. The van der Waals surface area contributed by atoms with E-state index in [-0.39, 0.29) is 0 Å². The van der Waals surface area contributed by atoms with Crippen molar-refractivity contribution in [3.05, 3.63) is 54.1 Å². The molecule has 0 saturated carbocycles. The lowest BCUT2D eigenvalue weighted by atomic mass is 9.99. The second-order valence-corrected chi connectivity index (χ2v) is 7.11. The lowest BCUT2D eigenvalue weighted by molar-refractivity contribution is -0.277. The lowest BCUT2D eigenvalue weighted by Crippen LogP contribution is -2.60. The predicted molar refractivity (Wildman–Crippen MR) is 101 cm³/mol. The first kappa shape index (κ1) is 20.6. The van der Waals surface area contributed by atoms with Crippen LogP contribution in [-0.2, 0) is 4.74 Å². The Kier molecular flexibility index (Phi) is 6.53. The summed E-state index contributed by atoms with van der Waals surface area (Å²) in [6, 6.07) is 14.6. The zero-order chi connectivity index (χ0) is 20.3. The van der Waals surface area contributed by atoms with E-state index in [1.165, 1.54) is 5.56 Å². The molecule has 0 bridgehead atoms. The van der Waals surface area contributed by atoms with Gasteiger partial charge < -0.3 is 34.6 Å². The highest BCUT2D eigenvalue weighted by molar-refractivity contribution is 5.36. The Morgan fingerprint density at radius 1 is 0.821 bits per heavy atom. The van der Waals surface area contributed by atoms with Gasteiger partial charge in [-0.3, -0.25) is 0 Å². The summed E-state index contributed by atoms with van der Waals surface area (Å²) >= 11 is 0. The molecule has 0 amide bonds. The van der Waals surface area contributed by atoms with Crippen molar-refractivity contribution in [1.29, 1.82) is 0 Å². The molecule has 1 fully saturated rings. The van der Waals surface area contributed by atoms with Crippen LogP contribution in [0.15, 0.2) is 48.5 Å². The summed E-state index contributed by atoms with van der Waals surface area (Å²) in [7, 11) is 0. The Hall–Kier alpha value is -2.16. The van der Waals surface area contributed by atoms with Crippen LogP contribution in [0.5, 0.6) is 17.2 Å². The smallest absolute Gasteiger partial charge is 0.229 e. The minimum atomic E-state index is -1.48. The van der Waals surface area contributed by atoms with E-state index < -0.39 is 37.3 Å². The summed E-state index contributed by atoms with van der Waals surface area (Å²) < 4.78 is 16.7. The average Bonchev–Trinajstić information content (AvgIpc) is 2.70. The van der Waals surface area contributed by atoms with Gasteiger partial charge in [0.25, 0.3) is 0 Å². The molecule has 0 unspecified atom stereocenters. The van der Waals surface area contributed by atoms with Gasteiger partial charge in [-0.2, -0.15) is 0 Å². The number of hydrogen-bond acceptors (Lipinski definition) is 7. The van der Waals surface area contributed by atoms with Crippen molar-refractivity contribution in [3.63, 3.8) is 0 Å². The van der Waals surface area contributed by atoms with E-state index in [4.69, 9.17) is 14.2 Å². The summed E-state index contributed by atoms with van der Waals surface area (Å²) in [5.74, 6) is 2.16. The van der Waals surface area contributed by atoms with Gasteiger partial charge in [0.15, 0.2) is 0 Å². The molecule has 2 aromatic rings. The lowest BCUT2D eigenvalue weighted by Gasteiger charge is -2.39. The topological polar surface area (TPSA) is 109 Å². The first-order chi connectivity index (χ1) is 13.4. The number of aliphatic hydroxyl groups is 4. The van der Waals surface area contributed by atoms with Gasteiger partial charge in [0.05, 0.1) is 6.61 Å². The molecule has 0 radical (unpaired) electrons. The predicted octanol–water partition coefficient (Wildman–Crippen LogP) is 1.78. The Morgan fingerprint density at radius 3 is 1.89 bits per heavy atom. The molecule has 7 nitrogen and oxygen atoms in total. The monoisotopic (exact) mass is 390 g/mol. The third kappa shape index (κ3) is 4.63. The van der Waals surface area contributed by atoms with Gasteiger partial charge in [0.2, 0.25) is 6.29 Å². The highest BCUT2D eigenvalue weighted by Gasteiger charge is 2.44. The minimum absolute atomic E-state index is 0.381. The molecule has 28 heavy (non-hydrogen) atoms. The van der Waals surface area contributed by atoms with Gasteiger partial charge in [0.1, 0.15) is 41.7 Å². The van der Waals surface area contributed by atoms with Crippen molar-refractivity contribution in [2.45, 2.75) is 50.5 Å². The number of benzene rings is 2. The van der Waals surface area contributed by atoms with Crippen molar-refractivity contribution in [3.8, 4) is 17.2 Å². The maximum atomic E-state index is 10.0. The average molecular weight is 390 g/mol. The Morgan fingerprint density at radius 2 is 1.36 bits per heavy atom. The van der Waals surface area contributed by atoms with Crippen molar-refractivity contribution >= 4 is 0 Å². The molecule has 0 aromatic heterocycles. The molecule has 1 heterocycles. The molecule has 4 N–H and O–H groups in total. The summed E-state index contributed by atoms with van der Waals surface area (Å²) in [5.41, 5.74) is 1.23. The molecular weight excluding hydrogens is 364 g/mol. The maximum absolute atomic E-state index is 10.0. The van der Waals surface area contributed by atoms with Crippen molar-refractivity contribution in [1.82, 2.24) is 0 Å². The van der Waals surface area contributed by atoms with Crippen LogP contribution in [0.3, 0.4) is 0 Å². The van der Waals surface area contributed by atoms with Gasteiger partial charge in [-0.05, 0) is 47.9 Å². The molecule has 1 aliphatic rings. The van der Waals surface area contributed by atoms with E-state index in [0.717, 1.165) is 0 Å². The highest BCUT2D eigenvalue weighted by Crippen LogP contribution is 2.28. The molecule has 2 aromatic carbocycles. The van der Waals surface area contributed by atoms with E-state index in [1.54, 1.807) is 24.3 Å². The Bertz CT molecular complexity index is 742. The van der Waals surface area contributed by atoms with Crippen molar-refractivity contribution < 1.29 is 34.6 Å². The van der Waals surface area contributed by atoms with Crippen LogP contribution in [-0.4, -0.2) is 57.7 Å². The maximum Gasteiger partial charge on any atom is 0.229 e. The molecule has 0 aliphatic carbocycles. The zero-order valence-electron chi connectivity index (χ0n) is 15.8. The fraction of sp³-hybridized carbons (Fsp3) is 0.429. The van der Waals surface area contributed by atoms with Crippen molar-refractivity contribution in [2.24, 2.45) is 0 Å². The van der Waals surface area contributed by atoms with E-state index in [9.17, 15) is 20.4 Å². The SMILES string of the molecule is CC(C)c1ccc(Oc2ccc(O[C@H]3O[C@H](CO)[C@H](O)[C@H](O)[C@H]3O)cc2)cc1. The molecule has 7 heteroatoms. The highest BCUT2D eigenvalue weighted by atomic mass is 16.7. The van der Waals surface area contributed by atoms with E-state index in [1.807, 2.05) is 24.3 Å². The van der Waals surface area contributed by atoms with Crippen LogP contribution in [0.25, 0.3) is 0 Å². The first-order valence-electron chi connectivity index (χ1n) is 9.24. The van der Waals surface area contributed by atoms with Crippen LogP contribution in [0, 0.1) is 0 Å². The first-order valence-corrected chi connectivity index (χ1v) is 9.24. The van der Waals surface area contributed by atoms with E-state index >= 15 is 0 Å². The van der Waals surface area contributed by atoms with Gasteiger partial charge >= 0.3 is 0 Å². The Labute approximate surface area is 163 Å². The van der Waals surface area contributed by atoms with Gasteiger partial charge in [-0.25, -0.2) is 0 Å². The van der Waals surface area contributed by atoms with Gasteiger partial charge in [0, 0.05) is 0 Å². The standard InChI is InChI=1S/C21H26O7/c1-12(2)13-3-5-14(6-4-13)26-15-7-9-16(10-8-15)27-21-20(25)19(24)18(23)17(11-22)28-21/h3-10,12,17-25H,11H2,1-2H3/t17-,18+,19+,20-,21+/m1/s1. The second-order valence-electron chi connectivity index (χ2n) is 7.11. The van der Waals surface area contributed by atoms with Crippen LogP contribution in [0.4, 0.5) is 0 Å². The summed E-state index contributed by atoms with van der Waals surface area (Å²) in [4.78, 5) is 0. The Balaban J connectivity index is 1.62. The fourth-order valence-corrected chi connectivity index (χ4v) is 2.94. The second kappa shape index (κ2) is 8.89. The summed E-state index contributed by atoms with van der Waals surface area (Å²) in [5, 5.41) is 38.9. The third-order valence-corrected chi connectivity index (χ3v) is 4.71. The van der Waals surface area contributed by atoms with Crippen molar-refractivity contribution in [2.75, 3.05) is 6.61 Å². The molecule has 1 saturated heterocycles. The van der Waals surface area contributed by atoms with Crippen LogP contribution < -0.4 is 9.47 Å². The number of aliphatic hydroxyl groups excluding tert-OH is 4. The fourth-order valence-electron chi connectivity index (χ4n) is 2.94. The molecule has 0 spiro atoms. The van der Waals surface area contributed by atoms with Crippen LogP contribution in [0.1, 0.15) is 25.3 Å². The number of ether oxygens (including phenoxy) is 3. The normalized spacial score (nSPS) is 27.6. The summed E-state index contributed by atoms with van der Waals surface area (Å²) in [6.07, 6.45) is -6.58. The molecule has 3 rings (SSSR count). The van der Waals surface area contributed by atoms with Gasteiger partial charge in [-0.15, -0.1) is 0 Å². The minimum Gasteiger partial charge on any atom is -0.462 e. The van der Waals surface area contributed by atoms with Gasteiger partial charge in [-0.1, -0.05) is 26.0 Å². The van der Waals surface area contributed by atoms with Crippen LogP contribution >= 0.6 is 0 Å². The molecule has 1 aliphatic heterocycles. The molecule has 5 atom stereocenters. The van der Waals surface area contributed by atoms with E-state index in [2.05, 4.69) is 13.8 Å². The molecular formula is C21H26O7. The van der Waals surface area contributed by atoms with Crippen LogP contribution in [0.2, 0.25) is 0 Å².